The molecule has 3 unspecified atom stereocenters. The van der Waals surface area contributed by atoms with Crippen LogP contribution >= 0.6 is 15.9 Å². The lowest BCUT2D eigenvalue weighted by Gasteiger charge is -2.27. The van der Waals surface area contributed by atoms with E-state index in [9.17, 15) is 9.59 Å². The molecule has 39 heavy (non-hydrogen) atoms. The Balaban J connectivity index is 1.23. The number of hydrogen-bond donors (Lipinski definition) is 2. The van der Waals surface area contributed by atoms with Gasteiger partial charge in [-0.25, -0.2) is 15.0 Å². The predicted octanol–water partition coefficient (Wildman–Crippen LogP) is 4.01. The van der Waals surface area contributed by atoms with Gasteiger partial charge in [0.2, 0.25) is 11.8 Å². The number of anilines is 2. The number of rotatable bonds is 5. The molecule has 2 aliphatic rings. The van der Waals surface area contributed by atoms with Gasteiger partial charge in [0, 0.05) is 23.8 Å². The van der Waals surface area contributed by atoms with Crippen molar-refractivity contribution in [3.63, 3.8) is 0 Å². The van der Waals surface area contributed by atoms with E-state index in [1.54, 1.807) is 35.5 Å². The second-order valence-electron chi connectivity index (χ2n) is 9.96. The van der Waals surface area contributed by atoms with Crippen molar-refractivity contribution in [3.05, 3.63) is 71.9 Å². The van der Waals surface area contributed by atoms with Gasteiger partial charge in [-0.1, -0.05) is 12.1 Å². The Labute approximate surface area is 231 Å². The number of hydrogen-bond acceptors (Lipinski definition) is 7. The molecule has 2 fully saturated rings. The second kappa shape index (κ2) is 9.12. The number of carbonyl (C=O) groups excluding carboxylic acids is 2. The molecule has 11 heteroatoms. The van der Waals surface area contributed by atoms with Gasteiger partial charge in [0.15, 0.2) is 0 Å². The van der Waals surface area contributed by atoms with Gasteiger partial charge in [-0.15, -0.1) is 0 Å². The highest BCUT2D eigenvalue weighted by Gasteiger charge is 2.56. The molecule has 0 spiro atoms. The number of fused-ring (bicyclic) bond motifs is 4. The fraction of sp³-hybridized carbons (Fsp3) is 0.214. The average molecular weight is 583 g/mol. The topological polar surface area (TPSA) is 132 Å². The summed E-state index contributed by atoms with van der Waals surface area (Å²) < 4.78 is 2.50. The van der Waals surface area contributed by atoms with Crippen molar-refractivity contribution in [2.75, 3.05) is 11.1 Å². The Morgan fingerprint density at radius 1 is 1.05 bits per heavy atom. The Morgan fingerprint density at radius 2 is 1.90 bits per heavy atom. The molecule has 1 aliphatic carbocycles. The molecule has 1 saturated carbocycles. The zero-order valence-electron chi connectivity index (χ0n) is 20.7. The molecule has 1 aromatic carbocycles. The number of piperidine rings is 1. The fourth-order valence-electron chi connectivity index (χ4n) is 5.78. The summed E-state index contributed by atoms with van der Waals surface area (Å²) in [5, 5.41) is 4.45. The summed E-state index contributed by atoms with van der Waals surface area (Å²) in [6.07, 6.45) is 6.48. The molecule has 1 saturated heterocycles. The number of halogens is 1. The lowest BCUT2D eigenvalue weighted by molar-refractivity contribution is -0.138. The molecule has 0 radical (unpaired) electrons. The first-order valence-electron chi connectivity index (χ1n) is 12.7. The van der Waals surface area contributed by atoms with Crippen LogP contribution in [0, 0.1) is 5.92 Å². The summed E-state index contributed by atoms with van der Waals surface area (Å²) in [5.74, 6) is 0.792. The minimum atomic E-state index is -0.548. The number of nitrogen functional groups attached to an aromatic ring is 1. The number of benzene rings is 1. The van der Waals surface area contributed by atoms with E-state index in [4.69, 9.17) is 5.73 Å². The Bertz CT molecular complexity index is 1770. The van der Waals surface area contributed by atoms with E-state index < -0.39 is 6.04 Å². The molecule has 0 bridgehead atoms. The number of nitrogens with two attached hydrogens (primary N) is 1. The average Bonchev–Trinajstić information content (AvgIpc) is 3.48. The van der Waals surface area contributed by atoms with Crippen molar-refractivity contribution in [2.24, 2.45) is 5.92 Å². The minimum Gasteiger partial charge on any atom is -0.383 e. The van der Waals surface area contributed by atoms with Crippen molar-refractivity contribution in [1.29, 1.82) is 0 Å². The third-order valence-corrected chi connectivity index (χ3v) is 8.08. The van der Waals surface area contributed by atoms with Crippen LogP contribution in [0.4, 0.5) is 11.6 Å². The van der Waals surface area contributed by atoms with Crippen LogP contribution in [0.25, 0.3) is 33.1 Å². The van der Waals surface area contributed by atoms with Crippen molar-refractivity contribution in [1.82, 2.24) is 29.4 Å². The largest absolute Gasteiger partial charge is 0.383 e. The van der Waals surface area contributed by atoms with Crippen molar-refractivity contribution in [2.45, 2.75) is 31.5 Å². The van der Waals surface area contributed by atoms with Crippen molar-refractivity contribution in [3.8, 4) is 11.1 Å². The molecule has 3 N–H and O–H groups in total. The van der Waals surface area contributed by atoms with Gasteiger partial charge in [0.05, 0.1) is 10.9 Å². The van der Waals surface area contributed by atoms with Gasteiger partial charge in [0.25, 0.3) is 0 Å². The standard InChI is InChI=1S/C28H23BrN8O2/c29-22-2-1-3-23(34-22)35-28(39)21-12-17-11-20(17)37(21)24(38)13-36-19-5-4-16(15-6-8-31-9-7-15)10-18(19)25-26(30)32-14-33-27(25)36/h1-10,14,17,20-21H,11-13H2,(H2,30,32,33)(H,34,35,39). The van der Waals surface area contributed by atoms with Crippen LogP contribution in [0.15, 0.2) is 71.9 Å². The summed E-state index contributed by atoms with van der Waals surface area (Å²) in [5.41, 5.74) is 9.75. The highest BCUT2D eigenvalue weighted by atomic mass is 79.9. The summed E-state index contributed by atoms with van der Waals surface area (Å²) in [6.45, 7) is 0.0349. The minimum absolute atomic E-state index is 0.0349. The number of aromatic nitrogens is 5. The molecule has 2 amide bonds. The summed E-state index contributed by atoms with van der Waals surface area (Å²) in [4.78, 5) is 46.0. The molecular weight excluding hydrogens is 560 g/mol. The first kappa shape index (κ1) is 23.7. The lowest BCUT2D eigenvalue weighted by Crippen LogP contribution is -2.46. The summed E-state index contributed by atoms with van der Waals surface area (Å²) in [6, 6.07) is 14.8. The van der Waals surface area contributed by atoms with Crippen molar-refractivity contribution >= 4 is 61.3 Å². The van der Waals surface area contributed by atoms with Gasteiger partial charge in [0.1, 0.15) is 40.8 Å². The zero-order chi connectivity index (χ0) is 26.7. The molecule has 3 atom stereocenters. The van der Waals surface area contributed by atoms with Gasteiger partial charge in [-0.05, 0) is 82.2 Å². The van der Waals surface area contributed by atoms with Crippen LogP contribution in [-0.2, 0) is 16.1 Å². The SMILES string of the molecule is Nc1ncnc2c1c1cc(-c3ccncc3)ccc1n2CC(=O)N1C(C(=O)Nc2cccc(Br)n2)CC2CC21. The van der Waals surface area contributed by atoms with Crippen LogP contribution in [0.5, 0.6) is 0 Å². The summed E-state index contributed by atoms with van der Waals surface area (Å²) >= 11 is 3.33. The molecule has 10 nitrogen and oxygen atoms in total. The monoisotopic (exact) mass is 582 g/mol. The Morgan fingerprint density at radius 3 is 2.72 bits per heavy atom. The lowest BCUT2D eigenvalue weighted by atomic mass is 10.0. The Hall–Kier alpha value is -4.38. The van der Waals surface area contributed by atoms with Crippen LogP contribution in [0.2, 0.25) is 0 Å². The maximum atomic E-state index is 13.9. The smallest absolute Gasteiger partial charge is 0.248 e. The number of likely N-dealkylation sites (tertiary alicyclic amines) is 1. The van der Waals surface area contributed by atoms with Crippen molar-refractivity contribution < 1.29 is 9.59 Å². The highest BCUT2D eigenvalue weighted by molar-refractivity contribution is 9.10. The van der Waals surface area contributed by atoms with Gasteiger partial charge >= 0.3 is 0 Å². The van der Waals surface area contributed by atoms with Crippen LogP contribution < -0.4 is 11.1 Å². The quantitative estimate of drug-likeness (QED) is 0.299. The van der Waals surface area contributed by atoms with E-state index in [-0.39, 0.29) is 24.4 Å². The number of carbonyl (C=O) groups is 2. The normalized spacial score (nSPS) is 19.8. The maximum absolute atomic E-state index is 13.9. The van der Waals surface area contributed by atoms with Crippen LogP contribution in [-0.4, -0.2) is 53.3 Å². The van der Waals surface area contributed by atoms with Gasteiger partial charge in [-0.3, -0.25) is 14.6 Å². The van der Waals surface area contributed by atoms with E-state index in [2.05, 4.69) is 41.2 Å². The van der Waals surface area contributed by atoms with Crippen LogP contribution in [0.3, 0.4) is 0 Å². The molecule has 1 aliphatic heterocycles. The highest BCUT2D eigenvalue weighted by Crippen LogP contribution is 2.48. The maximum Gasteiger partial charge on any atom is 0.248 e. The first-order valence-corrected chi connectivity index (χ1v) is 13.4. The molecular formula is C28H23BrN8O2. The van der Waals surface area contributed by atoms with E-state index in [1.807, 2.05) is 34.9 Å². The van der Waals surface area contributed by atoms with Crippen LogP contribution in [0.1, 0.15) is 12.8 Å². The molecule has 194 valence electrons. The second-order valence-corrected chi connectivity index (χ2v) is 10.8. The fourth-order valence-corrected chi connectivity index (χ4v) is 6.12. The molecule has 7 rings (SSSR count). The number of pyridine rings is 2. The van der Waals surface area contributed by atoms with E-state index in [1.165, 1.54) is 6.33 Å². The third-order valence-electron chi connectivity index (χ3n) is 7.64. The van der Waals surface area contributed by atoms with E-state index in [0.29, 0.717) is 39.6 Å². The Kier molecular flexibility index (Phi) is 5.55. The number of amides is 2. The van der Waals surface area contributed by atoms with Gasteiger partial charge < -0.3 is 20.5 Å². The summed E-state index contributed by atoms with van der Waals surface area (Å²) in [7, 11) is 0. The first-order chi connectivity index (χ1) is 19.0. The zero-order valence-corrected chi connectivity index (χ0v) is 22.2. The van der Waals surface area contributed by atoms with E-state index >= 15 is 0 Å². The molecule has 5 aromatic rings. The van der Waals surface area contributed by atoms with Gasteiger partial charge in [-0.2, -0.15) is 0 Å². The molecule has 5 heterocycles. The molecule has 4 aromatic heterocycles. The third kappa shape index (κ3) is 4.09. The number of nitrogens with one attached hydrogen (secondary N) is 1. The number of nitrogens with zero attached hydrogens (tertiary/aromatic N) is 6. The van der Waals surface area contributed by atoms with E-state index in [0.717, 1.165) is 28.5 Å². The predicted molar refractivity (Wildman–Crippen MR) is 150 cm³/mol.